The van der Waals surface area contributed by atoms with E-state index in [0.29, 0.717) is 6.42 Å². The standard InChI is InChI=1S/C16H26N2O/c1-17(2)12-8-14-18(3)13-7-11-16(19)15-9-5-4-6-10-15/h4-6,9-10H,7-8,11-14H2,1-3H3. The van der Waals surface area contributed by atoms with Gasteiger partial charge in [-0.1, -0.05) is 30.3 Å². The first-order chi connectivity index (χ1) is 9.09. The summed E-state index contributed by atoms with van der Waals surface area (Å²) in [5, 5.41) is 0. The number of carbonyl (C=O) groups is 1. The van der Waals surface area contributed by atoms with Crippen molar-refractivity contribution in [2.45, 2.75) is 19.3 Å². The highest BCUT2D eigenvalue weighted by Crippen LogP contribution is 2.05. The van der Waals surface area contributed by atoms with E-state index < -0.39 is 0 Å². The second-order valence-electron chi connectivity index (χ2n) is 5.35. The third kappa shape index (κ3) is 7.09. The van der Waals surface area contributed by atoms with Crippen LogP contribution < -0.4 is 0 Å². The molecule has 0 saturated heterocycles. The van der Waals surface area contributed by atoms with Crippen LogP contribution in [0.25, 0.3) is 0 Å². The van der Waals surface area contributed by atoms with Gasteiger partial charge in [-0.2, -0.15) is 0 Å². The lowest BCUT2D eigenvalue weighted by atomic mass is 10.1. The zero-order valence-electron chi connectivity index (χ0n) is 12.4. The normalized spacial score (nSPS) is 11.2. The molecular weight excluding hydrogens is 236 g/mol. The molecule has 0 amide bonds. The molecule has 0 N–H and O–H groups in total. The molecule has 0 spiro atoms. The predicted molar refractivity (Wildman–Crippen MR) is 80.7 cm³/mol. The maximum absolute atomic E-state index is 11.9. The average Bonchev–Trinajstić information content (AvgIpc) is 2.39. The van der Waals surface area contributed by atoms with E-state index in [1.807, 2.05) is 30.3 Å². The van der Waals surface area contributed by atoms with E-state index in [-0.39, 0.29) is 5.78 Å². The average molecular weight is 262 g/mol. The Kier molecular flexibility index (Phi) is 7.38. The molecule has 1 rings (SSSR count). The third-order valence-corrected chi connectivity index (χ3v) is 3.18. The molecule has 106 valence electrons. The third-order valence-electron chi connectivity index (χ3n) is 3.18. The lowest BCUT2D eigenvalue weighted by Gasteiger charge is -2.17. The molecule has 0 radical (unpaired) electrons. The summed E-state index contributed by atoms with van der Waals surface area (Å²) in [7, 11) is 6.32. The van der Waals surface area contributed by atoms with Gasteiger partial charge in [0.2, 0.25) is 0 Å². The summed E-state index contributed by atoms with van der Waals surface area (Å²) < 4.78 is 0. The van der Waals surface area contributed by atoms with Crippen molar-refractivity contribution < 1.29 is 4.79 Å². The van der Waals surface area contributed by atoms with Crippen LogP contribution in [0.15, 0.2) is 30.3 Å². The molecule has 0 aliphatic rings. The number of hydrogen-bond acceptors (Lipinski definition) is 3. The fourth-order valence-electron chi connectivity index (χ4n) is 2.05. The largest absolute Gasteiger partial charge is 0.309 e. The minimum absolute atomic E-state index is 0.252. The molecule has 1 aromatic carbocycles. The molecule has 0 fully saturated rings. The highest BCUT2D eigenvalue weighted by Gasteiger charge is 2.05. The molecule has 0 unspecified atom stereocenters. The molecule has 0 heterocycles. The van der Waals surface area contributed by atoms with Crippen LogP contribution in [-0.4, -0.2) is 56.4 Å². The van der Waals surface area contributed by atoms with Gasteiger partial charge in [0, 0.05) is 12.0 Å². The number of rotatable bonds is 9. The van der Waals surface area contributed by atoms with Gasteiger partial charge >= 0.3 is 0 Å². The fraction of sp³-hybridized carbons (Fsp3) is 0.562. The Morgan fingerprint density at radius 1 is 0.947 bits per heavy atom. The number of ketones is 1. The Bertz CT molecular complexity index is 362. The number of Topliss-reactive ketones (excluding diaryl/α,β-unsaturated/α-hetero) is 1. The summed E-state index contributed by atoms with van der Waals surface area (Å²) in [5.41, 5.74) is 0.831. The molecule has 19 heavy (non-hydrogen) atoms. The van der Waals surface area contributed by atoms with Crippen molar-refractivity contribution in [3.05, 3.63) is 35.9 Å². The van der Waals surface area contributed by atoms with E-state index in [9.17, 15) is 4.79 Å². The molecule has 1 aromatic rings. The first-order valence-electron chi connectivity index (χ1n) is 7.01. The van der Waals surface area contributed by atoms with Crippen LogP contribution in [0, 0.1) is 0 Å². The van der Waals surface area contributed by atoms with Gasteiger partial charge < -0.3 is 9.80 Å². The highest BCUT2D eigenvalue weighted by atomic mass is 16.1. The van der Waals surface area contributed by atoms with E-state index in [2.05, 4.69) is 30.9 Å². The lowest BCUT2D eigenvalue weighted by molar-refractivity contribution is 0.0976. The van der Waals surface area contributed by atoms with Crippen molar-refractivity contribution in [2.75, 3.05) is 40.8 Å². The zero-order valence-corrected chi connectivity index (χ0v) is 12.4. The SMILES string of the molecule is CN(C)CCCN(C)CCCC(=O)c1ccccc1. The monoisotopic (exact) mass is 262 g/mol. The number of benzene rings is 1. The van der Waals surface area contributed by atoms with Crippen molar-refractivity contribution in [3.63, 3.8) is 0 Å². The van der Waals surface area contributed by atoms with Gasteiger partial charge in [-0.15, -0.1) is 0 Å². The molecule has 3 heteroatoms. The van der Waals surface area contributed by atoms with E-state index in [1.165, 1.54) is 6.42 Å². The quantitative estimate of drug-likeness (QED) is 0.639. The molecular formula is C16H26N2O. The molecule has 0 aliphatic carbocycles. The molecule has 0 bridgehead atoms. The first-order valence-corrected chi connectivity index (χ1v) is 7.01. The molecule has 3 nitrogen and oxygen atoms in total. The number of nitrogens with zero attached hydrogens (tertiary/aromatic N) is 2. The van der Waals surface area contributed by atoms with E-state index >= 15 is 0 Å². The molecule has 0 atom stereocenters. The Morgan fingerprint density at radius 2 is 1.58 bits per heavy atom. The van der Waals surface area contributed by atoms with Crippen LogP contribution in [0.5, 0.6) is 0 Å². The first kappa shape index (κ1) is 15.9. The summed E-state index contributed by atoms with van der Waals surface area (Å²) in [5.74, 6) is 0.252. The summed E-state index contributed by atoms with van der Waals surface area (Å²) >= 11 is 0. The molecule has 0 aromatic heterocycles. The van der Waals surface area contributed by atoms with Gasteiger partial charge in [0.1, 0.15) is 0 Å². The summed E-state index contributed by atoms with van der Waals surface area (Å²) in [6.07, 6.45) is 2.75. The van der Waals surface area contributed by atoms with Crippen molar-refractivity contribution in [1.29, 1.82) is 0 Å². The number of hydrogen-bond donors (Lipinski definition) is 0. The molecule has 0 aliphatic heterocycles. The summed E-state index contributed by atoms with van der Waals surface area (Å²) in [6.45, 7) is 3.21. The van der Waals surface area contributed by atoms with E-state index in [1.54, 1.807) is 0 Å². The second kappa shape index (κ2) is 8.83. The number of carbonyl (C=O) groups excluding carboxylic acids is 1. The minimum Gasteiger partial charge on any atom is -0.309 e. The van der Waals surface area contributed by atoms with Crippen LogP contribution in [0.1, 0.15) is 29.6 Å². The van der Waals surface area contributed by atoms with Crippen LogP contribution >= 0.6 is 0 Å². The zero-order chi connectivity index (χ0) is 14.1. The topological polar surface area (TPSA) is 23.6 Å². The maximum Gasteiger partial charge on any atom is 0.162 e. The van der Waals surface area contributed by atoms with Crippen molar-refractivity contribution in [3.8, 4) is 0 Å². The molecule has 0 saturated carbocycles. The Morgan fingerprint density at radius 3 is 2.21 bits per heavy atom. The van der Waals surface area contributed by atoms with Crippen molar-refractivity contribution >= 4 is 5.78 Å². The van der Waals surface area contributed by atoms with E-state index in [4.69, 9.17) is 0 Å². The smallest absolute Gasteiger partial charge is 0.162 e. The van der Waals surface area contributed by atoms with Gasteiger partial charge in [-0.25, -0.2) is 0 Å². The Labute approximate surface area is 117 Å². The second-order valence-corrected chi connectivity index (χ2v) is 5.35. The van der Waals surface area contributed by atoms with Crippen LogP contribution in [-0.2, 0) is 0 Å². The van der Waals surface area contributed by atoms with Crippen LogP contribution in [0.4, 0.5) is 0 Å². The lowest BCUT2D eigenvalue weighted by Crippen LogP contribution is -2.25. The van der Waals surface area contributed by atoms with Crippen molar-refractivity contribution in [2.24, 2.45) is 0 Å². The van der Waals surface area contributed by atoms with Crippen molar-refractivity contribution in [1.82, 2.24) is 9.80 Å². The van der Waals surface area contributed by atoms with E-state index in [0.717, 1.165) is 31.6 Å². The Balaban J connectivity index is 2.14. The van der Waals surface area contributed by atoms with Gasteiger partial charge in [-0.05, 0) is 53.6 Å². The fourth-order valence-corrected chi connectivity index (χ4v) is 2.05. The van der Waals surface area contributed by atoms with Gasteiger partial charge in [0.05, 0.1) is 0 Å². The summed E-state index contributed by atoms with van der Waals surface area (Å²) in [4.78, 5) is 16.4. The van der Waals surface area contributed by atoms with Gasteiger partial charge in [0.25, 0.3) is 0 Å². The summed E-state index contributed by atoms with van der Waals surface area (Å²) in [6, 6.07) is 9.56. The van der Waals surface area contributed by atoms with Crippen LogP contribution in [0.3, 0.4) is 0 Å². The predicted octanol–water partition coefficient (Wildman–Crippen LogP) is 2.53. The minimum atomic E-state index is 0.252. The maximum atomic E-state index is 11.9. The Hall–Kier alpha value is -1.19. The van der Waals surface area contributed by atoms with Gasteiger partial charge in [0.15, 0.2) is 5.78 Å². The van der Waals surface area contributed by atoms with Crippen LogP contribution in [0.2, 0.25) is 0 Å². The van der Waals surface area contributed by atoms with Gasteiger partial charge in [-0.3, -0.25) is 4.79 Å². The highest BCUT2D eigenvalue weighted by molar-refractivity contribution is 5.95.